The fraction of sp³-hybridized carbons (Fsp3) is 0. The third-order valence-corrected chi connectivity index (χ3v) is 9.26. The summed E-state index contributed by atoms with van der Waals surface area (Å²) in [5.41, 5.74) is 1.38. The lowest BCUT2D eigenvalue weighted by Crippen LogP contribution is -2.04. The fourth-order valence-electron chi connectivity index (χ4n) is 3.79. The number of hydrogen-bond donors (Lipinski definition) is 0. The largest absolute Gasteiger partial charge is 0.673 e. The first-order valence-corrected chi connectivity index (χ1v) is 15.0. The number of rotatable bonds is 7. The molecule has 1 nitrogen and oxygen atoms in total. The van der Waals surface area contributed by atoms with E-state index in [4.69, 9.17) is 23.2 Å². The van der Waals surface area contributed by atoms with Gasteiger partial charge in [0.1, 0.15) is 0 Å². The van der Waals surface area contributed by atoms with Gasteiger partial charge in [0.15, 0.2) is 20.5 Å². The van der Waals surface area contributed by atoms with Gasteiger partial charge in [-0.05, 0) is 84.9 Å². The van der Waals surface area contributed by atoms with Crippen LogP contribution in [0.25, 0.3) is 0 Å². The topological polar surface area (TPSA) is 17.1 Å². The Morgan fingerprint density at radius 1 is 0.561 bits per heavy atom. The van der Waals surface area contributed by atoms with Crippen LogP contribution in [0.15, 0.2) is 152 Å². The van der Waals surface area contributed by atoms with Crippen molar-refractivity contribution in [2.45, 2.75) is 24.5 Å². The number of halogens is 6. The molecule has 0 atom stereocenters. The van der Waals surface area contributed by atoms with E-state index in [1.165, 1.54) is 14.7 Å². The highest BCUT2D eigenvalue weighted by Crippen LogP contribution is 2.35. The molecule has 0 aliphatic rings. The van der Waals surface area contributed by atoms with Crippen LogP contribution >= 0.6 is 35.0 Å². The minimum atomic E-state index is -6.00. The van der Waals surface area contributed by atoms with Crippen molar-refractivity contribution in [2.75, 3.05) is 0 Å². The lowest BCUT2D eigenvalue weighted by Gasteiger charge is -2.09. The third-order valence-electron chi connectivity index (χ3n) is 5.53. The maximum absolute atomic E-state index is 12.9. The minimum Gasteiger partial charge on any atom is -0.418 e. The number of carbonyl (C=O) groups is 1. The van der Waals surface area contributed by atoms with Crippen LogP contribution in [0.2, 0.25) is 10.0 Å². The molecule has 0 heterocycles. The minimum absolute atomic E-state index is 0.0309. The van der Waals surface area contributed by atoms with Gasteiger partial charge in [0, 0.05) is 31.0 Å². The van der Waals surface area contributed by atoms with Gasteiger partial charge in [0.2, 0.25) is 0 Å². The second-order valence-electron chi connectivity index (χ2n) is 8.51. The Morgan fingerprint density at radius 3 is 1.49 bits per heavy atom. The maximum Gasteiger partial charge on any atom is 0.673 e. The Kier molecular flexibility index (Phi) is 10.6. The Morgan fingerprint density at radius 2 is 1.00 bits per heavy atom. The van der Waals surface area contributed by atoms with Crippen LogP contribution in [0.3, 0.4) is 0 Å². The van der Waals surface area contributed by atoms with Crippen LogP contribution in [-0.2, 0) is 10.9 Å². The normalized spacial score (nSPS) is 11.1. The summed E-state index contributed by atoms with van der Waals surface area (Å²) < 4.78 is 39.0. The predicted molar refractivity (Wildman–Crippen MR) is 162 cm³/mol. The molecule has 0 aliphatic carbocycles. The van der Waals surface area contributed by atoms with Crippen LogP contribution in [-0.4, -0.2) is 13.0 Å². The highest BCUT2D eigenvalue weighted by Gasteiger charge is 2.28. The third kappa shape index (κ3) is 9.43. The van der Waals surface area contributed by atoms with Crippen molar-refractivity contribution < 1.29 is 22.1 Å². The smallest absolute Gasteiger partial charge is 0.418 e. The van der Waals surface area contributed by atoms with Gasteiger partial charge in [-0.25, -0.2) is 0 Å². The van der Waals surface area contributed by atoms with E-state index in [-0.39, 0.29) is 16.7 Å². The van der Waals surface area contributed by atoms with Crippen molar-refractivity contribution in [1.29, 1.82) is 0 Å². The van der Waals surface area contributed by atoms with Crippen molar-refractivity contribution in [3.05, 3.63) is 149 Å². The standard InChI is InChI=1S/C31H21Cl2OS2.BF4/c32-24-9-15-28(16-10-24)36(29-17-11-25(33)12-18-29)30-19-13-26(14-20-30)35-27-8-4-7-23(21-27)31(34)22-5-2-1-3-6-22;2-1(3,4)5/h1-21H;/q+1;-1. The number of ketones is 1. The van der Waals surface area contributed by atoms with E-state index in [9.17, 15) is 22.1 Å². The van der Waals surface area contributed by atoms with Gasteiger partial charge in [-0.1, -0.05) is 77.4 Å². The van der Waals surface area contributed by atoms with Crippen molar-refractivity contribution >= 4 is 58.9 Å². The second kappa shape index (κ2) is 14.1. The molecule has 0 aromatic heterocycles. The van der Waals surface area contributed by atoms with Gasteiger partial charge < -0.3 is 17.3 Å². The summed E-state index contributed by atoms with van der Waals surface area (Å²) in [4.78, 5) is 18.6. The molecule has 10 heteroatoms. The van der Waals surface area contributed by atoms with Gasteiger partial charge in [0.05, 0.1) is 10.9 Å². The first-order valence-electron chi connectivity index (χ1n) is 12.2. The molecule has 5 aromatic rings. The SMILES string of the molecule is F[B-](F)(F)F.O=C(c1ccccc1)c1cccc(Sc2ccc([S+](c3ccc(Cl)cc3)c3ccc(Cl)cc3)cc2)c1. The first kappa shape index (κ1) is 30.8. The van der Waals surface area contributed by atoms with Crippen molar-refractivity contribution in [3.63, 3.8) is 0 Å². The molecule has 0 N–H and O–H groups in total. The Hall–Kier alpha value is -3.17. The molecule has 0 amide bonds. The Balaban J connectivity index is 0.000000714. The summed E-state index contributed by atoms with van der Waals surface area (Å²) >= 11 is 14.0. The zero-order chi connectivity index (χ0) is 29.4. The van der Waals surface area contributed by atoms with Crippen molar-refractivity contribution in [1.82, 2.24) is 0 Å². The molecular formula is C31H21BCl2F4OS2. The first-order chi connectivity index (χ1) is 19.6. The maximum atomic E-state index is 12.9. The molecule has 41 heavy (non-hydrogen) atoms. The summed E-state index contributed by atoms with van der Waals surface area (Å²) in [6.07, 6.45) is 0. The highest BCUT2D eigenvalue weighted by atomic mass is 35.5. The van der Waals surface area contributed by atoms with Gasteiger partial charge >= 0.3 is 7.25 Å². The second-order valence-corrected chi connectivity index (χ2v) is 12.6. The van der Waals surface area contributed by atoms with Crippen LogP contribution in [0.1, 0.15) is 15.9 Å². The molecule has 208 valence electrons. The van der Waals surface area contributed by atoms with Crippen LogP contribution in [0, 0.1) is 0 Å². The zero-order valence-corrected chi connectivity index (χ0v) is 24.3. The monoisotopic (exact) mass is 630 g/mol. The van der Waals surface area contributed by atoms with Gasteiger partial charge in [-0.3, -0.25) is 4.79 Å². The van der Waals surface area contributed by atoms with Crippen LogP contribution in [0.4, 0.5) is 17.3 Å². The molecule has 5 aromatic carbocycles. The molecular weight excluding hydrogens is 610 g/mol. The zero-order valence-electron chi connectivity index (χ0n) is 21.2. The summed E-state index contributed by atoms with van der Waals surface area (Å²) in [7, 11) is -6.29. The van der Waals surface area contributed by atoms with Crippen LogP contribution < -0.4 is 0 Å². The van der Waals surface area contributed by atoms with Gasteiger partial charge in [-0.15, -0.1) is 0 Å². The van der Waals surface area contributed by atoms with E-state index in [0.29, 0.717) is 11.1 Å². The number of carbonyl (C=O) groups excluding carboxylic acids is 1. The van der Waals surface area contributed by atoms with E-state index in [2.05, 4.69) is 48.5 Å². The molecule has 0 bridgehead atoms. The van der Waals surface area contributed by atoms with Gasteiger partial charge in [0.25, 0.3) is 0 Å². The average molecular weight is 631 g/mol. The molecule has 0 saturated heterocycles. The molecule has 0 saturated carbocycles. The summed E-state index contributed by atoms with van der Waals surface area (Å²) in [5, 5.41) is 1.44. The van der Waals surface area contributed by atoms with E-state index in [0.717, 1.165) is 19.8 Å². The summed E-state index contributed by atoms with van der Waals surface area (Å²) in [5.74, 6) is 0.0309. The summed E-state index contributed by atoms with van der Waals surface area (Å²) in [6, 6.07) is 41.8. The molecule has 0 fully saturated rings. The van der Waals surface area contributed by atoms with Crippen molar-refractivity contribution in [3.8, 4) is 0 Å². The lowest BCUT2D eigenvalue weighted by atomic mass is 10.0. The molecule has 0 unspecified atom stereocenters. The number of benzene rings is 5. The van der Waals surface area contributed by atoms with E-state index >= 15 is 0 Å². The van der Waals surface area contributed by atoms with Crippen LogP contribution in [0.5, 0.6) is 0 Å². The average Bonchev–Trinajstić information content (AvgIpc) is 2.95. The summed E-state index contributed by atoms with van der Waals surface area (Å²) in [6.45, 7) is 0. The lowest BCUT2D eigenvalue weighted by molar-refractivity contribution is 0.103. The Labute approximate surface area is 253 Å². The van der Waals surface area contributed by atoms with Crippen molar-refractivity contribution in [2.24, 2.45) is 0 Å². The molecule has 0 aliphatic heterocycles. The highest BCUT2D eigenvalue weighted by molar-refractivity contribution is 7.99. The fourth-order valence-corrected chi connectivity index (χ4v) is 6.96. The van der Waals surface area contributed by atoms with E-state index in [1.54, 1.807) is 11.8 Å². The molecule has 0 spiro atoms. The Bertz CT molecular complexity index is 1530. The quantitative estimate of drug-likeness (QED) is 0.0770. The van der Waals surface area contributed by atoms with E-state index < -0.39 is 7.25 Å². The number of hydrogen-bond acceptors (Lipinski definition) is 2. The molecule has 0 radical (unpaired) electrons. The predicted octanol–water partition coefficient (Wildman–Crippen LogP) is 10.8. The van der Waals surface area contributed by atoms with E-state index in [1.807, 2.05) is 78.9 Å². The molecule has 5 rings (SSSR count). The van der Waals surface area contributed by atoms with Gasteiger partial charge in [-0.2, -0.15) is 0 Å².